The van der Waals surface area contributed by atoms with Crippen LogP contribution in [0.4, 0.5) is 0 Å². The highest BCUT2D eigenvalue weighted by molar-refractivity contribution is 5.89. The second-order valence-electron chi connectivity index (χ2n) is 6.58. The molecule has 4 rings (SSSR count). The predicted octanol–water partition coefficient (Wildman–Crippen LogP) is 2.46. The smallest absolute Gasteiger partial charge is 0.251 e. The molecule has 2 aromatic rings. The minimum Gasteiger partial charge on any atom is -0.496 e. The quantitative estimate of drug-likeness (QED) is 0.701. The third kappa shape index (κ3) is 2.74. The van der Waals surface area contributed by atoms with E-state index < -0.39 is 11.6 Å². The van der Waals surface area contributed by atoms with Gasteiger partial charge in [0.2, 0.25) is 17.0 Å². The van der Waals surface area contributed by atoms with Crippen molar-refractivity contribution in [2.24, 2.45) is 0 Å². The van der Waals surface area contributed by atoms with E-state index in [0.717, 1.165) is 0 Å². The normalized spacial score (nSPS) is 25.2. The molecule has 9 heteroatoms. The maximum Gasteiger partial charge on any atom is 0.251 e. The van der Waals surface area contributed by atoms with E-state index in [-0.39, 0.29) is 34.7 Å². The highest BCUT2D eigenvalue weighted by atomic mass is 16.9. The van der Waals surface area contributed by atoms with Crippen molar-refractivity contribution >= 4 is 16.5 Å². The molecule has 0 saturated carbocycles. The number of fused-ring (bicyclic) bond motifs is 2. The monoisotopic (exact) mass is 418 g/mol. The number of rotatable bonds is 6. The van der Waals surface area contributed by atoms with Crippen LogP contribution in [0.1, 0.15) is 5.76 Å². The fraction of sp³-hybridized carbons (Fsp3) is 0.381. The molecule has 30 heavy (non-hydrogen) atoms. The van der Waals surface area contributed by atoms with Crippen LogP contribution in [0, 0.1) is 0 Å². The van der Waals surface area contributed by atoms with Gasteiger partial charge in [0.15, 0.2) is 12.6 Å². The Morgan fingerprint density at radius 1 is 0.933 bits per heavy atom. The van der Waals surface area contributed by atoms with Crippen LogP contribution >= 0.6 is 0 Å². The highest BCUT2D eigenvalue weighted by Crippen LogP contribution is 2.46. The van der Waals surface area contributed by atoms with E-state index in [1.807, 2.05) is 0 Å². The number of ether oxygens (including phenoxy) is 7. The van der Waals surface area contributed by atoms with Gasteiger partial charge in [-0.1, -0.05) is 0 Å². The van der Waals surface area contributed by atoms with Crippen molar-refractivity contribution in [3.05, 3.63) is 46.3 Å². The van der Waals surface area contributed by atoms with Crippen LogP contribution in [0.2, 0.25) is 0 Å². The zero-order valence-corrected chi connectivity index (χ0v) is 17.3. The van der Waals surface area contributed by atoms with Gasteiger partial charge >= 0.3 is 0 Å². The Morgan fingerprint density at radius 3 is 2.30 bits per heavy atom. The van der Waals surface area contributed by atoms with Crippen molar-refractivity contribution in [2.45, 2.75) is 11.6 Å². The minimum absolute atomic E-state index is 0.0111. The molecule has 0 N–H and O–H groups in total. The number of benzene rings is 1. The van der Waals surface area contributed by atoms with Crippen LogP contribution in [-0.4, -0.2) is 53.9 Å². The summed E-state index contributed by atoms with van der Waals surface area (Å²) in [6.45, 7) is -0.0387. The Hall–Kier alpha value is -2.85. The van der Waals surface area contributed by atoms with Gasteiger partial charge in [-0.3, -0.25) is 4.79 Å². The van der Waals surface area contributed by atoms with Gasteiger partial charge in [-0.25, -0.2) is 0 Å². The topological polar surface area (TPSA) is 94.8 Å². The van der Waals surface area contributed by atoms with Gasteiger partial charge in [0.25, 0.3) is 5.79 Å². The molecule has 0 spiro atoms. The summed E-state index contributed by atoms with van der Waals surface area (Å²) in [6.07, 6.45) is 4.97. The van der Waals surface area contributed by atoms with Crippen LogP contribution in [0.25, 0.3) is 16.5 Å². The van der Waals surface area contributed by atoms with Gasteiger partial charge in [-0.2, -0.15) is 0 Å². The largest absolute Gasteiger partial charge is 0.496 e. The Balaban J connectivity index is 1.97. The molecule has 1 aromatic carbocycles. The van der Waals surface area contributed by atoms with Crippen LogP contribution in [0.5, 0.6) is 17.2 Å². The molecular weight excluding hydrogens is 396 g/mol. The van der Waals surface area contributed by atoms with Crippen molar-refractivity contribution in [2.75, 3.05) is 42.3 Å². The molecule has 2 aliphatic rings. The van der Waals surface area contributed by atoms with E-state index in [1.54, 1.807) is 30.4 Å². The molecule has 0 radical (unpaired) electrons. The fourth-order valence-corrected chi connectivity index (χ4v) is 3.73. The first kappa shape index (κ1) is 20.4. The zero-order valence-electron chi connectivity index (χ0n) is 17.3. The molecular formula is C21H22O9. The first-order valence-electron chi connectivity index (χ1n) is 9.05. The van der Waals surface area contributed by atoms with Crippen molar-refractivity contribution in [3.8, 4) is 17.2 Å². The first-order valence-corrected chi connectivity index (χ1v) is 9.05. The molecule has 1 aliphatic carbocycles. The lowest BCUT2D eigenvalue weighted by Gasteiger charge is -2.38. The molecule has 1 saturated heterocycles. The summed E-state index contributed by atoms with van der Waals surface area (Å²) in [6, 6.07) is 3.21. The average molecular weight is 418 g/mol. The minimum atomic E-state index is -1.36. The lowest BCUT2D eigenvalue weighted by Crippen LogP contribution is -2.53. The van der Waals surface area contributed by atoms with Gasteiger partial charge in [0.05, 0.1) is 21.3 Å². The summed E-state index contributed by atoms with van der Waals surface area (Å²) < 4.78 is 44.6. The summed E-state index contributed by atoms with van der Waals surface area (Å²) in [5.74, 6) is -1.63. The van der Waals surface area contributed by atoms with E-state index in [4.69, 9.17) is 37.6 Å². The molecule has 1 aromatic heterocycles. The Kier molecular flexibility index (Phi) is 5.07. The van der Waals surface area contributed by atoms with Gasteiger partial charge < -0.3 is 37.6 Å². The molecule has 1 fully saturated rings. The number of hydrogen-bond acceptors (Lipinski definition) is 9. The van der Waals surface area contributed by atoms with Crippen molar-refractivity contribution in [1.29, 1.82) is 0 Å². The Morgan fingerprint density at radius 2 is 1.67 bits per heavy atom. The predicted molar refractivity (Wildman–Crippen MR) is 106 cm³/mol. The summed E-state index contributed by atoms with van der Waals surface area (Å²) in [7, 11) is 7.33. The number of methoxy groups -OCH3 is 5. The third-order valence-corrected chi connectivity index (χ3v) is 5.28. The fourth-order valence-electron chi connectivity index (χ4n) is 3.73. The van der Waals surface area contributed by atoms with Gasteiger partial charge in [-0.05, 0) is 18.2 Å². The van der Waals surface area contributed by atoms with E-state index >= 15 is 0 Å². The molecule has 160 valence electrons. The second kappa shape index (κ2) is 7.44. The summed E-state index contributed by atoms with van der Waals surface area (Å²) >= 11 is 0. The third-order valence-electron chi connectivity index (χ3n) is 5.28. The summed E-state index contributed by atoms with van der Waals surface area (Å²) in [5, 5.41) is 0.243. The first-order chi connectivity index (χ1) is 14.5. The van der Waals surface area contributed by atoms with Gasteiger partial charge in [0, 0.05) is 31.9 Å². The van der Waals surface area contributed by atoms with Crippen LogP contribution in [-0.2, 0) is 18.9 Å². The molecule has 9 nitrogen and oxygen atoms in total. The molecule has 1 aliphatic heterocycles. The van der Waals surface area contributed by atoms with E-state index in [1.165, 1.54) is 35.5 Å². The lowest BCUT2D eigenvalue weighted by molar-refractivity contribution is -0.265. The Bertz CT molecular complexity index is 1100. The van der Waals surface area contributed by atoms with Crippen molar-refractivity contribution in [1.82, 2.24) is 0 Å². The van der Waals surface area contributed by atoms with Gasteiger partial charge in [0.1, 0.15) is 22.5 Å². The SMILES string of the molecule is COc1cc(OC)c2c(=O)c(OC)c(C3=CC4(OC)OCOC4(OC)C=C3)oc2c1. The summed E-state index contributed by atoms with van der Waals surface area (Å²) in [5.41, 5.74) is 0.383. The zero-order chi connectivity index (χ0) is 21.5. The maximum absolute atomic E-state index is 13.2. The van der Waals surface area contributed by atoms with E-state index in [2.05, 4.69) is 0 Å². The molecule has 2 unspecified atom stereocenters. The highest BCUT2D eigenvalue weighted by Gasteiger charge is 2.59. The molecule has 2 atom stereocenters. The average Bonchev–Trinajstić information content (AvgIpc) is 3.17. The second-order valence-corrected chi connectivity index (χ2v) is 6.58. The number of hydrogen-bond donors (Lipinski definition) is 0. The molecule has 0 amide bonds. The van der Waals surface area contributed by atoms with Crippen LogP contribution in [0.3, 0.4) is 0 Å². The van der Waals surface area contributed by atoms with E-state index in [9.17, 15) is 4.79 Å². The van der Waals surface area contributed by atoms with Crippen LogP contribution in [0.15, 0.2) is 39.6 Å². The van der Waals surface area contributed by atoms with Gasteiger partial charge in [-0.15, -0.1) is 0 Å². The molecule has 2 heterocycles. The standard InChI is InChI=1S/C21H22O9/c1-23-13-8-14(24-2)16-15(9-13)30-18(19(25-3)17(16)22)12-6-7-20(26-4)21(10-12,27-5)29-11-28-20/h6-10H,11H2,1-5H3. The summed E-state index contributed by atoms with van der Waals surface area (Å²) in [4.78, 5) is 13.2. The van der Waals surface area contributed by atoms with Crippen LogP contribution < -0.4 is 19.6 Å². The number of allylic oxidation sites excluding steroid dienone is 2. The lowest BCUT2D eigenvalue weighted by atomic mass is 9.93. The maximum atomic E-state index is 13.2. The molecule has 0 bridgehead atoms. The van der Waals surface area contributed by atoms with Crippen molar-refractivity contribution < 1.29 is 37.6 Å². The van der Waals surface area contributed by atoms with E-state index in [0.29, 0.717) is 17.1 Å². The Labute approximate surface area is 172 Å². The van der Waals surface area contributed by atoms with Crippen molar-refractivity contribution in [3.63, 3.8) is 0 Å².